The minimum absolute atomic E-state index is 0.219. The highest BCUT2D eigenvalue weighted by atomic mass is 16.2. The number of carbonyl (C=O) groups is 1. The van der Waals surface area contributed by atoms with Crippen molar-refractivity contribution in [1.29, 1.82) is 0 Å². The van der Waals surface area contributed by atoms with Crippen molar-refractivity contribution in [2.24, 2.45) is 5.92 Å². The van der Waals surface area contributed by atoms with Crippen molar-refractivity contribution in [3.05, 3.63) is 35.6 Å². The summed E-state index contributed by atoms with van der Waals surface area (Å²) < 4.78 is 0. The van der Waals surface area contributed by atoms with Gasteiger partial charge < -0.3 is 4.90 Å². The highest BCUT2D eigenvalue weighted by Crippen LogP contribution is 2.26. The Balaban J connectivity index is 2.39. The highest BCUT2D eigenvalue weighted by Gasteiger charge is 2.21. The SMILES string of the molecule is CC1C=CC2=C(C=C1)N(C)C(=O)CC2. The summed E-state index contributed by atoms with van der Waals surface area (Å²) in [7, 11) is 1.85. The third kappa shape index (κ3) is 1.52. The van der Waals surface area contributed by atoms with Crippen molar-refractivity contribution >= 4 is 5.91 Å². The van der Waals surface area contributed by atoms with E-state index in [1.165, 1.54) is 5.57 Å². The molecule has 14 heavy (non-hydrogen) atoms. The zero-order valence-corrected chi connectivity index (χ0v) is 8.66. The van der Waals surface area contributed by atoms with E-state index in [0.29, 0.717) is 12.3 Å². The summed E-state index contributed by atoms with van der Waals surface area (Å²) in [6.45, 7) is 2.15. The standard InChI is InChI=1S/C12H15NO/c1-9-3-5-10-6-8-12(14)13(2)11(10)7-4-9/h3-5,7,9H,6,8H2,1-2H3. The van der Waals surface area contributed by atoms with Crippen LogP contribution in [0.4, 0.5) is 0 Å². The molecule has 0 spiro atoms. The van der Waals surface area contributed by atoms with E-state index < -0.39 is 0 Å². The van der Waals surface area contributed by atoms with Crippen LogP contribution in [0.3, 0.4) is 0 Å². The Morgan fingerprint density at radius 1 is 1.29 bits per heavy atom. The van der Waals surface area contributed by atoms with Gasteiger partial charge in [-0.25, -0.2) is 0 Å². The van der Waals surface area contributed by atoms with Crippen LogP contribution in [0.2, 0.25) is 0 Å². The first kappa shape index (κ1) is 9.25. The molecule has 2 heteroatoms. The maximum absolute atomic E-state index is 11.5. The number of hydrogen-bond acceptors (Lipinski definition) is 1. The lowest BCUT2D eigenvalue weighted by atomic mass is 10.0. The Bertz CT molecular complexity index is 349. The monoisotopic (exact) mass is 189 g/mol. The van der Waals surface area contributed by atoms with Crippen molar-refractivity contribution in [3.63, 3.8) is 0 Å². The van der Waals surface area contributed by atoms with Crippen LogP contribution < -0.4 is 0 Å². The predicted molar refractivity (Wildman–Crippen MR) is 56.5 cm³/mol. The highest BCUT2D eigenvalue weighted by molar-refractivity contribution is 5.80. The summed E-state index contributed by atoms with van der Waals surface area (Å²) in [6.07, 6.45) is 10.1. The van der Waals surface area contributed by atoms with E-state index in [9.17, 15) is 4.79 Å². The van der Waals surface area contributed by atoms with Gasteiger partial charge in [0.1, 0.15) is 0 Å². The number of likely N-dealkylation sites (N-methyl/N-ethyl adjacent to an activating group) is 1. The summed E-state index contributed by atoms with van der Waals surface area (Å²) in [4.78, 5) is 13.2. The van der Waals surface area contributed by atoms with Crippen LogP contribution in [0.25, 0.3) is 0 Å². The Morgan fingerprint density at radius 3 is 2.79 bits per heavy atom. The van der Waals surface area contributed by atoms with Gasteiger partial charge in [-0.2, -0.15) is 0 Å². The first-order valence-corrected chi connectivity index (χ1v) is 5.04. The van der Waals surface area contributed by atoms with Crippen molar-refractivity contribution in [2.45, 2.75) is 19.8 Å². The Morgan fingerprint density at radius 2 is 2.00 bits per heavy atom. The van der Waals surface area contributed by atoms with Gasteiger partial charge in [-0.3, -0.25) is 4.79 Å². The third-order valence-corrected chi connectivity index (χ3v) is 2.83. The lowest BCUT2D eigenvalue weighted by molar-refractivity contribution is -0.128. The lowest BCUT2D eigenvalue weighted by Crippen LogP contribution is -2.29. The van der Waals surface area contributed by atoms with E-state index in [1.807, 2.05) is 7.05 Å². The normalized spacial score (nSPS) is 26.6. The summed E-state index contributed by atoms with van der Waals surface area (Å²) >= 11 is 0. The number of rotatable bonds is 0. The van der Waals surface area contributed by atoms with Crippen LogP contribution in [-0.2, 0) is 4.79 Å². The summed E-state index contributed by atoms with van der Waals surface area (Å²) in [6, 6.07) is 0. The Hall–Kier alpha value is -1.31. The first-order chi connectivity index (χ1) is 6.68. The lowest BCUT2D eigenvalue weighted by Gasteiger charge is -2.25. The molecule has 2 nitrogen and oxygen atoms in total. The summed E-state index contributed by atoms with van der Waals surface area (Å²) in [5.74, 6) is 0.681. The van der Waals surface area contributed by atoms with Crippen molar-refractivity contribution in [1.82, 2.24) is 4.90 Å². The average molecular weight is 189 g/mol. The van der Waals surface area contributed by atoms with Crippen LogP contribution in [0.1, 0.15) is 19.8 Å². The summed E-state index contributed by atoms with van der Waals surface area (Å²) in [5, 5.41) is 0. The van der Waals surface area contributed by atoms with Crippen LogP contribution in [0.15, 0.2) is 35.6 Å². The van der Waals surface area contributed by atoms with Crippen molar-refractivity contribution < 1.29 is 4.79 Å². The van der Waals surface area contributed by atoms with E-state index in [-0.39, 0.29) is 5.91 Å². The fourth-order valence-corrected chi connectivity index (χ4v) is 1.85. The fourth-order valence-electron chi connectivity index (χ4n) is 1.85. The zero-order valence-electron chi connectivity index (χ0n) is 8.66. The molecule has 0 bridgehead atoms. The van der Waals surface area contributed by atoms with Gasteiger partial charge in [0.25, 0.3) is 0 Å². The first-order valence-electron chi connectivity index (χ1n) is 5.04. The van der Waals surface area contributed by atoms with Gasteiger partial charge in [0.2, 0.25) is 5.91 Å². The number of hydrogen-bond donors (Lipinski definition) is 0. The second-order valence-corrected chi connectivity index (χ2v) is 3.94. The average Bonchev–Trinajstić information content (AvgIpc) is 2.35. The minimum Gasteiger partial charge on any atom is -0.315 e. The molecule has 0 aromatic heterocycles. The second kappa shape index (κ2) is 3.45. The van der Waals surface area contributed by atoms with Crippen LogP contribution in [-0.4, -0.2) is 17.9 Å². The largest absolute Gasteiger partial charge is 0.315 e. The molecule has 1 aliphatic carbocycles. The fraction of sp³-hybridized carbons (Fsp3) is 0.417. The maximum Gasteiger partial charge on any atom is 0.227 e. The van der Waals surface area contributed by atoms with Gasteiger partial charge in [0, 0.05) is 19.2 Å². The molecule has 0 fully saturated rings. The molecule has 2 rings (SSSR count). The van der Waals surface area contributed by atoms with Gasteiger partial charge in [-0.15, -0.1) is 0 Å². The number of nitrogens with zero attached hydrogens (tertiary/aromatic N) is 1. The molecular weight excluding hydrogens is 174 g/mol. The van der Waals surface area contributed by atoms with Crippen molar-refractivity contribution in [2.75, 3.05) is 7.05 Å². The Kier molecular flexibility index (Phi) is 2.28. The van der Waals surface area contributed by atoms with E-state index in [1.54, 1.807) is 4.90 Å². The number of amides is 1. The zero-order chi connectivity index (χ0) is 10.1. The predicted octanol–water partition coefficient (Wildman–Crippen LogP) is 2.25. The molecule has 2 aliphatic rings. The molecule has 1 amide bonds. The van der Waals surface area contributed by atoms with Gasteiger partial charge >= 0.3 is 0 Å². The minimum atomic E-state index is 0.219. The number of allylic oxidation sites excluding steroid dienone is 5. The van der Waals surface area contributed by atoms with Gasteiger partial charge in [-0.05, 0) is 24.0 Å². The van der Waals surface area contributed by atoms with Gasteiger partial charge in [0.05, 0.1) is 0 Å². The van der Waals surface area contributed by atoms with E-state index in [4.69, 9.17) is 0 Å². The number of carbonyl (C=O) groups excluding carboxylic acids is 1. The second-order valence-electron chi connectivity index (χ2n) is 3.94. The third-order valence-electron chi connectivity index (χ3n) is 2.83. The van der Waals surface area contributed by atoms with E-state index in [0.717, 1.165) is 12.1 Å². The molecule has 0 radical (unpaired) electrons. The molecule has 0 saturated carbocycles. The maximum atomic E-state index is 11.5. The molecule has 0 N–H and O–H groups in total. The molecule has 1 atom stereocenters. The molecule has 74 valence electrons. The smallest absolute Gasteiger partial charge is 0.227 e. The molecule has 1 unspecified atom stereocenters. The van der Waals surface area contributed by atoms with Crippen LogP contribution >= 0.6 is 0 Å². The Labute approximate surface area is 84.6 Å². The van der Waals surface area contributed by atoms with Gasteiger partial charge in [0.15, 0.2) is 0 Å². The topological polar surface area (TPSA) is 20.3 Å². The molecule has 0 aromatic rings. The molecular formula is C12H15NO. The quantitative estimate of drug-likeness (QED) is 0.572. The van der Waals surface area contributed by atoms with Gasteiger partial charge in [-0.1, -0.05) is 25.2 Å². The summed E-state index contributed by atoms with van der Waals surface area (Å²) in [5.41, 5.74) is 2.36. The van der Waals surface area contributed by atoms with E-state index >= 15 is 0 Å². The molecule has 0 saturated heterocycles. The van der Waals surface area contributed by atoms with Crippen molar-refractivity contribution in [3.8, 4) is 0 Å². The molecule has 0 aromatic carbocycles. The molecule has 1 heterocycles. The van der Waals surface area contributed by atoms with Crippen LogP contribution in [0, 0.1) is 5.92 Å². The molecule has 1 aliphatic heterocycles. The van der Waals surface area contributed by atoms with Crippen LogP contribution in [0.5, 0.6) is 0 Å². The van der Waals surface area contributed by atoms with E-state index in [2.05, 4.69) is 31.2 Å².